The molecule has 1 aromatic heterocycles. The van der Waals surface area contributed by atoms with Crippen molar-refractivity contribution in [1.29, 1.82) is 0 Å². The number of aromatic nitrogens is 1. The summed E-state index contributed by atoms with van der Waals surface area (Å²) in [6.07, 6.45) is 1.75. The van der Waals surface area contributed by atoms with Crippen LogP contribution >= 0.6 is 11.3 Å². The first-order valence-corrected chi connectivity index (χ1v) is 13.7. The van der Waals surface area contributed by atoms with Crippen LogP contribution < -0.4 is 33.8 Å². The SMILES string of the molecule is CCOC(=O)C1=C(c2ccccc2)N=c2s/c(=C\c3cc(OC)ccc3OC)c(=O)n2[C@H]1c1ccc2c(c1)OCO2. The Morgan fingerprint density at radius 1 is 1.05 bits per heavy atom. The summed E-state index contributed by atoms with van der Waals surface area (Å²) in [6.45, 7) is 2.01. The lowest BCUT2D eigenvalue weighted by atomic mass is 9.93. The summed E-state index contributed by atoms with van der Waals surface area (Å²) in [5.74, 6) is 1.78. The Morgan fingerprint density at radius 2 is 1.85 bits per heavy atom. The molecule has 0 bridgehead atoms. The van der Waals surface area contributed by atoms with E-state index in [1.807, 2.05) is 36.4 Å². The Morgan fingerprint density at radius 3 is 2.61 bits per heavy atom. The first-order valence-electron chi connectivity index (χ1n) is 12.9. The van der Waals surface area contributed by atoms with Crippen LogP contribution in [0.5, 0.6) is 23.0 Å². The second kappa shape index (κ2) is 11.0. The molecule has 2 aliphatic rings. The summed E-state index contributed by atoms with van der Waals surface area (Å²) < 4.78 is 29.6. The van der Waals surface area contributed by atoms with Crippen molar-refractivity contribution in [2.45, 2.75) is 13.0 Å². The third kappa shape index (κ3) is 4.76. The van der Waals surface area contributed by atoms with Crippen molar-refractivity contribution in [2.24, 2.45) is 4.99 Å². The number of ether oxygens (including phenoxy) is 5. The van der Waals surface area contributed by atoms with E-state index in [9.17, 15) is 9.59 Å². The molecule has 0 saturated heterocycles. The molecule has 0 saturated carbocycles. The van der Waals surface area contributed by atoms with Crippen LogP contribution in [0.1, 0.15) is 29.7 Å². The number of esters is 1. The van der Waals surface area contributed by atoms with E-state index < -0.39 is 12.0 Å². The normalized spacial score (nSPS) is 15.8. The van der Waals surface area contributed by atoms with Crippen LogP contribution in [0.2, 0.25) is 0 Å². The van der Waals surface area contributed by atoms with Crippen molar-refractivity contribution >= 4 is 29.1 Å². The number of hydrogen-bond donors (Lipinski definition) is 0. The van der Waals surface area contributed by atoms with Gasteiger partial charge in [-0.05, 0) is 48.9 Å². The van der Waals surface area contributed by atoms with Gasteiger partial charge in [0.15, 0.2) is 16.3 Å². The van der Waals surface area contributed by atoms with Gasteiger partial charge in [0.2, 0.25) is 6.79 Å². The molecule has 10 heteroatoms. The number of benzene rings is 3. The summed E-state index contributed by atoms with van der Waals surface area (Å²) in [7, 11) is 3.14. The van der Waals surface area contributed by atoms with Crippen LogP contribution in [0.4, 0.5) is 0 Å². The standard InChI is InChI=1S/C31H26N2O7S/c1-4-38-30(35)26-27(18-8-6-5-7-9-18)32-31-33(28(26)19-10-12-23-24(15-19)40-17-39-23)29(34)25(41-31)16-20-14-21(36-2)11-13-22(20)37-3/h5-16,28H,4,17H2,1-3H3/b25-16-/t28-/m0/s1. The van der Waals surface area contributed by atoms with E-state index in [-0.39, 0.29) is 24.5 Å². The number of rotatable bonds is 7. The maximum absolute atomic E-state index is 14.1. The minimum Gasteiger partial charge on any atom is -0.497 e. The van der Waals surface area contributed by atoms with Gasteiger partial charge in [-0.1, -0.05) is 47.7 Å². The Kier molecular flexibility index (Phi) is 7.07. The molecule has 0 spiro atoms. The number of methoxy groups -OCH3 is 2. The van der Waals surface area contributed by atoms with Gasteiger partial charge in [-0.15, -0.1) is 0 Å². The van der Waals surface area contributed by atoms with Crippen molar-refractivity contribution in [3.63, 3.8) is 0 Å². The van der Waals surface area contributed by atoms with Gasteiger partial charge in [0.25, 0.3) is 5.56 Å². The quantitative estimate of drug-likeness (QED) is 0.313. The van der Waals surface area contributed by atoms with E-state index >= 15 is 0 Å². The third-order valence-corrected chi connectivity index (χ3v) is 7.79. The van der Waals surface area contributed by atoms with Gasteiger partial charge in [0, 0.05) is 11.1 Å². The van der Waals surface area contributed by atoms with Crippen LogP contribution in [0.3, 0.4) is 0 Å². The average Bonchev–Trinajstić information content (AvgIpc) is 3.60. The van der Waals surface area contributed by atoms with E-state index in [4.69, 9.17) is 28.7 Å². The predicted octanol–water partition coefficient (Wildman–Crippen LogP) is 3.68. The van der Waals surface area contributed by atoms with Gasteiger partial charge in [-0.3, -0.25) is 9.36 Å². The monoisotopic (exact) mass is 570 g/mol. The molecule has 0 unspecified atom stereocenters. The summed E-state index contributed by atoms with van der Waals surface area (Å²) in [5.41, 5.74) is 2.45. The summed E-state index contributed by atoms with van der Waals surface area (Å²) >= 11 is 1.23. The molecule has 6 rings (SSSR count). The first kappa shape index (κ1) is 26.4. The fourth-order valence-electron chi connectivity index (χ4n) is 4.93. The van der Waals surface area contributed by atoms with E-state index in [0.717, 1.165) is 5.56 Å². The van der Waals surface area contributed by atoms with Gasteiger partial charge in [0.05, 0.1) is 42.7 Å². The molecule has 208 valence electrons. The fraction of sp³-hybridized carbons (Fsp3) is 0.194. The molecule has 41 heavy (non-hydrogen) atoms. The highest BCUT2D eigenvalue weighted by Crippen LogP contribution is 2.40. The highest BCUT2D eigenvalue weighted by molar-refractivity contribution is 7.07. The van der Waals surface area contributed by atoms with Gasteiger partial charge in [-0.2, -0.15) is 0 Å². The Balaban J connectivity index is 1.65. The smallest absolute Gasteiger partial charge is 0.338 e. The largest absolute Gasteiger partial charge is 0.497 e. The van der Waals surface area contributed by atoms with Crippen molar-refractivity contribution in [1.82, 2.24) is 4.57 Å². The number of thiazole rings is 1. The Labute approximate surface area is 239 Å². The summed E-state index contributed by atoms with van der Waals surface area (Å²) in [5, 5.41) is 0. The maximum atomic E-state index is 14.1. The molecule has 3 heterocycles. The lowest BCUT2D eigenvalue weighted by Gasteiger charge is -2.26. The minimum atomic E-state index is -0.829. The topological polar surface area (TPSA) is 97.6 Å². The number of carbonyl (C=O) groups excluding carboxylic acids is 1. The highest BCUT2D eigenvalue weighted by atomic mass is 32.1. The predicted molar refractivity (Wildman–Crippen MR) is 153 cm³/mol. The van der Waals surface area contributed by atoms with Crippen LogP contribution in [0.15, 0.2) is 82.1 Å². The van der Waals surface area contributed by atoms with Gasteiger partial charge >= 0.3 is 5.97 Å². The van der Waals surface area contributed by atoms with Crippen molar-refractivity contribution in [2.75, 3.05) is 27.6 Å². The second-order valence-corrected chi connectivity index (χ2v) is 10.2. The van der Waals surface area contributed by atoms with Crippen LogP contribution in [0, 0.1) is 0 Å². The van der Waals surface area contributed by atoms with E-state index in [0.29, 0.717) is 49.2 Å². The zero-order valence-electron chi connectivity index (χ0n) is 22.6. The van der Waals surface area contributed by atoms with Crippen LogP contribution in [-0.2, 0) is 9.53 Å². The van der Waals surface area contributed by atoms with Crippen LogP contribution in [0.25, 0.3) is 11.8 Å². The molecule has 2 aliphatic heterocycles. The van der Waals surface area contributed by atoms with Gasteiger partial charge in [-0.25, -0.2) is 9.79 Å². The number of fused-ring (bicyclic) bond motifs is 2. The minimum absolute atomic E-state index is 0.0970. The van der Waals surface area contributed by atoms with E-state index in [2.05, 4.69) is 0 Å². The fourth-order valence-corrected chi connectivity index (χ4v) is 5.92. The molecule has 0 N–H and O–H groups in total. The molecule has 0 fully saturated rings. The molecular formula is C31H26N2O7S. The first-order chi connectivity index (χ1) is 20.0. The van der Waals surface area contributed by atoms with E-state index in [1.165, 1.54) is 11.3 Å². The van der Waals surface area contributed by atoms with Crippen molar-refractivity contribution in [3.8, 4) is 23.0 Å². The number of nitrogens with zero attached hydrogens (tertiary/aromatic N) is 2. The molecule has 0 amide bonds. The Bertz CT molecular complexity index is 1860. The molecule has 0 aliphatic carbocycles. The zero-order valence-corrected chi connectivity index (χ0v) is 23.4. The zero-order chi connectivity index (χ0) is 28.5. The second-order valence-electron chi connectivity index (χ2n) is 9.15. The molecule has 1 atom stereocenters. The highest BCUT2D eigenvalue weighted by Gasteiger charge is 2.36. The molecule has 0 radical (unpaired) electrons. The number of carbonyl (C=O) groups is 1. The van der Waals surface area contributed by atoms with Gasteiger partial charge in [0.1, 0.15) is 11.5 Å². The van der Waals surface area contributed by atoms with E-state index in [1.54, 1.807) is 62.1 Å². The summed E-state index contributed by atoms with van der Waals surface area (Å²) in [4.78, 5) is 33.1. The average molecular weight is 571 g/mol. The third-order valence-electron chi connectivity index (χ3n) is 6.81. The molecule has 4 aromatic rings. The number of hydrogen-bond acceptors (Lipinski definition) is 9. The van der Waals surface area contributed by atoms with Crippen molar-refractivity contribution < 1.29 is 28.5 Å². The van der Waals surface area contributed by atoms with Crippen molar-refractivity contribution in [3.05, 3.63) is 109 Å². The van der Waals surface area contributed by atoms with Gasteiger partial charge < -0.3 is 23.7 Å². The lowest BCUT2D eigenvalue weighted by molar-refractivity contribution is -0.138. The molecule has 3 aromatic carbocycles. The summed E-state index contributed by atoms with van der Waals surface area (Å²) in [6, 6.07) is 19.3. The molecule has 9 nitrogen and oxygen atoms in total. The maximum Gasteiger partial charge on any atom is 0.338 e. The van der Waals surface area contributed by atoms with Crippen LogP contribution in [-0.4, -0.2) is 38.2 Å². The Hall–Kier alpha value is -4.83. The molecular weight excluding hydrogens is 544 g/mol. The lowest BCUT2D eigenvalue weighted by Crippen LogP contribution is -2.40.